The summed E-state index contributed by atoms with van der Waals surface area (Å²) in [5.74, 6) is -2.72. The molecule has 0 saturated carbocycles. The van der Waals surface area contributed by atoms with Crippen molar-refractivity contribution in [2.75, 3.05) is 0 Å². The van der Waals surface area contributed by atoms with Gasteiger partial charge in [-0.3, -0.25) is 9.59 Å². The van der Waals surface area contributed by atoms with E-state index in [-0.39, 0.29) is 12.8 Å². The van der Waals surface area contributed by atoms with Gasteiger partial charge in [-0.15, -0.1) is 0 Å². The number of aliphatic hydroxyl groups excluding tert-OH is 1. The van der Waals surface area contributed by atoms with E-state index in [2.05, 4.69) is 20.6 Å². The van der Waals surface area contributed by atoms with Crippen LogP contribution in [0.25, 0.3) is 0 Å². The lowest BCUT2D eigenvalue weighted by Gasteiger charge is -2.24. The second kappa shape index (κ2) is 10.3. The number of rotatable bonds is 10. The Hall–Kier alpha value is -3.24. The van der Waals surface area contributed by atoms with E-state index in [0.29, 0.717) is 5.69 Å². The Morgan fingerprint density at radius 3 is 2.38 bits per heavy atom. The number of aliphatic carboxylic acids is 1. The fraction of sp³-hybridized carbons (Fsp3) is 0.368. The van der Waals surface area contributed by atoms with Gasteiger partial charge in [-0.1, -0.05) is 30.3 Å². The maximum Gasteiger partial charge on any atom is 0.326 e. The van der Waals surface area contributed by atoms with Crippen molar-refractivity contribution < 1.29 is 24.6 Å². The van der Waals surface area contributed by atoms with E-state index in [1.807, 2.05) is 30.3 Å². The number of hydrogen-bond donors (Lipinski definition) is 6. The Morgan fingerprint density at radius 1 is 1.14 bits per heavy atom. The SMILES string of the molecule is CC(O)C(NC(=O)C(N)Cc1ccccc1)C(=O)NC(Cc1cnc[nH]1)C(=O)O. The van der Waals surface area contributed by atoms with Gasteiger partial charge in [0.05, 0.1) is 18.5 Å². The van der Waals surface area contributed by atoms with Gasteiger partial charge in [-0.2, -0.15) is 0 Å². The Bertz CT molecular complexity index is 810. The second-order valence-electron chi connectivity index (χ2n) is 6.70. The minimum absolute atomic E-state index is 0.0327. The van der Waals surface area contributed by atoms with Crippen molar-refractivity contribution in [2.24, 2.45) is 5.73 Å². The van der Waals surface area contributed by atoms with Crippen LogP contribution in [0.5, 0.6) is 0 Å². The van der Waals surface area contributed by atoms with Crippen molar-refractivity contribution in [3.05, 3.63) is 54.1 Å². The number of benzene rings is 1. The summed E-state index contributed by atoms with van der Waals surface area (Å²) in [6.07, 6.45) is 1.79. The summed E-state index contributed by atoms with van der Waals surface area (Å²) in [6.45, 7) is 1.32. The predicted octanol–water partition coefficient (Wildman–Crippen LogP) is -1.04. The molecule has 0 fully saturated rings. The third kappa shape index (κ3) is 6.70. The van der Waals surface area contributed by atoms with E-state index in [1.54, 1.807) is 0 Å². The lowest BCUT2D eigenvalue weighted by Crippen LogP contribution is -2.58. The van der Waals surface area contributed by atoms with Crippen LogP contribution in [0.3, 0.4) is 0 Å². The minimum atomic E-state index is -1.35. The first kappa shape index (κ1) is 22.1. The first-order valence-corrected chi connectivity index (χ1v) is 9.06. The largest absolute Gasteiger partial charge is 0.480 e. The van der Waals surface area contributed by atoms with Crippen molar-refractivity contribution in [3.63, 3.8) is 0 Å². The first-order valence-electron chi connectivity index (χ1n) is 9.06. The van der Waals surface area contributed by atoms with Gasteiger partial charge in [-0.25, -0.2) is 9.78 Å². The molecule has 0 saturated heterocycles. The van der Waals surface area contributed by atoms with Crippen molar-refractivity contribution in [3.8, 4) is 0 Å². The molecule has 1 aromatic heterocycles. The molecule has 0 bridgehead atoms. The van der Waals surface area contributed by atoms with E-state index >= 15 is 0 Å². The number of H-pyrrole nitrogens is 1. The lowest BCUT2D eigenvalue weighted by atomic mass is 10.0. The molecule has 29 heavy (non-hydrogen) atoms. The lowest BCUT2D eigenvalue weighted by molar-refractivity contribution is -0.142. The average molecular weight is 403 g/mol. The van der Waals surface area contributed by atoms with Crippen LogP contribution in [0.4, 0.5) is 0 Å². The standard InChI is InChI=1S/C19H25N5O5/c1-11(25)16(24-17(26)14(20)7-12-5-3-2-4-6-12)18(27)23-15(19(28)29)8-13-9-21-10-22-13/h2-6,9-11,14-16,25H,7-8,20H2,1H3,(H,21,22)(H,23,27)(H,24,26)(H,28,29). The Morgan fingerprint density at radius 2 is 1.83 bits per heavy atom. The quantitative estimate of drug-likeness (QED) is 0.294. The van der Waals surface area contributed by atoms with Crippen LogP contribution in [0.2, 0.25) is 0 Å². The molecule has 2 aromatic rings. The van der Waals surface area contributed by atoms with Crippen molar-refractivity contribution in [2.45, 2.75) is 44.0 Å². The number of nitrogens with two attached hydrogens (primary N) is 1. The van der Waals surface area contributed by atoms with E-state index in [9.17, 15) is 24.6 Å². The molecule has 1 aromatic carbocycles. The molecule has 0 radical (unpaired) electrons. The molecule has 2 amide bonds. The van der Waals surface area contributed by atoms with Crippen molar-refractivity contribution in [1.82, 2.24) is 20.6 Å². The number of hydrogen-bond acceptors (Lipinski definition) is 6. The highest BCUT2D eigenvalue weighted by Gasteiger charge is 2.31. The number of carbonyl (C=O) groups excluding carboxylic acids is 2. The number of carboxylic acid groups (broad SMARTS) is 1. The summed E-state index contributed by atoms with van der Waals surface area (Å²) < 4.78 is 0. The molecule has 7 N–H and O–H groups in total. The molecule has 2 rings (SSSR count). The zero-order valence-corrected chi connectivity index (χ0v) is 15.9. The number of nitrogens with one attached hydrogen (secondary N) is 3. The summed E-state index contributed by atoms with van der Waals surface area (Å²) in [7, 11) is 0. The van der Waals surface area contributed by atoms with Crippen LogP contribution in [0.1, 0.15) is 18.2 Å². The highest BCUT2D eigenvalue weighted by atomic mass is 16.4. The first-order chi connectivity index (χ1) is 13.8. The third-order valence-corrected chi connectivity index (χ3v) is 4.29. The molecule has 10 heteroatoms. The van der Waals surface area contributed by atoms with Crippen molar-refractivity contribution in [1.29, 1.82) is 0 Å². The molecule has 0 aliphatic heterocycles. The van der Waals surface area contributed by atoms with Crippen LogP contribution < -0.4 is 16.4 Å². The molecule has 0 aliphatic rings. The molecule has 1 heterocycles. The molecule has 0 spiro atoms. The maximum absolute atomic E-state index is 12.5. The van der Waals surface area contributed by atoms with Crippen molar-refractivity contribution >= 4 is 17.8 Å². The number of nitrogens with zero attached hydrogens (tertiary/aromatic N) is 1. The number of carbonyl (C=O) groups is 3. The highest BCUT2D eigenvalue weighted by molar-refractivity contribution is 5.92. The van der Waals surface area contributed by atoms with Crippen LogP contribution in [0, 0.1) is 0 Å². The predicted molar refractivity (Wildman–Crippen MR) is 104 cm³/mol. The van der Waals surface area contributed by atoms with Crippen LogP contribution in [-0.2, 0) is 27.2 Å². The van der Waals surface area contributed by atoms with Crippen LogP contribution in [0.15, 0.2) is 42.9 Å². The fourth-order valence-corrected chi connectivity index (χ4v) is 2.70. The highest BCUT2D eigenvalue weighted by Crippen LogP contribution is 2.04. The maximum atomic E-state index is 12.5. The monoisotopic (exact) mass is 403 g/mol. The Balaban J connectivity index is 2.00. The zero-order valence-electron chi connectivity index (χ0n) is 15.9. The summed E-state index contributed by atoms with van der Waals surface area (Å²) in [5, 5.41) is 24.0. The molecular weight excluding hydrogens is 378 g/mol. The third-order valence-electron chi connectivity index (χ3n) is 4.29. The average Bonchev–Trinajstić information content (AvgIpc) is 3.18. The normalized spacial score (nSPS) is 15.0. The summed E-state index contributed by atoms with van der Waals surface area (Å²) >= 11 is 0. The minimum Gasteiger partial charge on any atom is -0.480 e. The molecule has 0 aliphatic carbocycles. The number of aromatic nitrogens is 2. The molecule has 4 unspecified atom stereocenters. The number of amides is 2. The van der Waals surface area contributed by atoms with E-state index in [0.717, 1.165) is 5.56 Å². The Labute approximate surface area is 167 Å². The topological polar surface area (TPSA) is 170 Å². The van der Waals surface area contributed by atoms with Gasteiger partial charge >= 0.3 is 5.97 Å². The van der Waals surface area contributed by atoms with Gasteiger partial charge in [0, 0.05) is 18.3 Å². The van der Waals surface area contributed by atoms with E-state index in [4.69, 9.17) is 5.73 Å². The number of imidazole rings is 1. The number of carboxylic acids is 1. The molecule has 10 nitrogen and oxygen atoms in total. The van der Waals surface area contributed by atoms with Gasteiger partial charge < -0.3 is 31.6 Å². The molecule has 156 valence electrons. The summed E-state index contributed by atoms with van der Waals surface area (Å²) in [5.41, 5.74) is 7.27. The van der Waals surface area contributed by atoms with Gasteiger partial charge in [0.1, 0.15) is 12.1 Å². The molecule has 4 atom stereocenters. The second-order valence-corrected chi connectivity index (χ2v) is 6.70. The van der Waals surface area contributed by atoms with E-state index < -0.39 is 42.0 Å². The van der Waals surface area contributed by atoms with Gasteiger partial charge in [0.15, 0.2) is 0 Å². The van der Waals surface area contributed by atoms with Gasteiger partial charge in [0.25, 0.3) is 0 Å². The summed E-state index contributed by atoms with van der Waals surface area (Å²) in [6, 6.07) is 5.55. The smallest absolute Gasteiger partial charge is 0.326 e. The summed E-state index contributed by atoms with van der Waals surface area (Å²) in [4.78, 5) is 42.9. The number of aliphatic hydroxyl groups is 1. The number of aromatic amines is 1. The van der Waals surface area contributed by atoms with E-state index in [1.165, 1.54) is 19.4 Å². The molecular formula is C19H25N5O5. The Kier molecular flexibility index (Phi) is 7.87. The fourth-order valence-electron chi connectivity index (χ4n) is 2.70. The zero-order chi connectivity index (χ0) is 21.4. The van der Waals surface area contributed by atoms with Gasteiger partial charge in [-0.05, 0) is 18.9 Å². The van der Waals surface area contributed by atoms with Gasteiger partial charge in [0.2, 0.25) is 11.8 Å². The van der Waals surface area contributed by atoms with Crippen LogP contribution in [-0.4, -0.2) is 62.2 Å². The van der Waals surface area contributed by atoms with Crippen LogP contribution >= 0.6 is 0 Å².